The van der Waals surface area contributed by atoms with Crippen LogP contribution >= 0.6 is 0 Å². The highest BCUT2D eigenvalue weighted by molar-refractivity contribution is 6.85. The highest BCUT2D eigenvalue weighted by atomic mass is 28.4. The average Bonchev–Trinajstić information content (AvgIpc) is 3.69. The van der Waals surface area contributed by atoms with Crippen LogP contribution in [0.5, 0.6) is 0 Å². The van der Waals surface area contributed by atoms with E-state index in [0.29, 0.717) is 13.2 Å². The van der Waals surface area contributed by atoms with Crippen LogP contribution in [0.15, 0.2) is 170 Å². The second kappa shape index (κ2) is 40.6. The van der Waals surface area contributed by atoms with Gasteiger partial charge in [0.2, 0.25) is 25.0 Å². The Balaban J connectivity index is 0.000000509. The van der Waals surface area contributed by atoms with Gasteiger partial charge in [0, 0.05) is 109 Å². The number of nitrogen functional groups attached to an aromatic ring is 7. The molecule has 0 bridgehead atoms. The maximum Gasteiger partial charge on any atom is 0.369 e. The van der Waals surface area contributed by atoms with E-state index in [2.05, 4.69) is 44.9 Å². The molecular weight excluding hydrogens is 1200 g/mol. The number of ether oxygens (including phenoxy) is 2. The van der Waals surface area contributed by atoms with Crippen LogP contribution in [-0.4, -0.2) is 125 Å². The summed E-state index contributed by atoms with van der Waals surface area (Å²) in [6, 6.07) is 54.3. The molecule has 480 valence electrons. The van der Waals surface area contributed by atoms with E-state index in [1.165, 1.54) is 15.6 Å². The molecule has 7 aromatic carbocycles. The third kappa shape index (κ3) is 30.7. The van der Waals surface area contributed by atoms with E-state index in [0.717, 1.165) is 74.0 Å². The van der Waals surface area contributed by atoms with E-state index in [4.69, 9.17) is 80.6 Å². The Kier molecular flexibility index (Phi) is 36.9. The third-order valence-electron chi connectivity index (χ3n) is 13.5. The molecule has 17 nitrogen and oxygen atoms in total. The van der Waals surface area contributed by atoms with E-state index >= 15 is 0 Å². The number of anilines is 7. The highest BCUT2D eigenvalue weighted by Gasteiger charge is 2.34. The molecule has 23 heteroatoms. The van der Waals surface area contributed by atoms with Crippen LogP contribution in [0, 0.1) is 0 Å². The maximum atomic E-state index is 9.68. The van der Waals surface area contributed by atoms with Crippen LogP contribution in [0.2, 0.25) is 52.4 Å². The summed E-state index contributed by atoms with van der Waals surface area (Å²) < 4.78 is 48.8. The van der Waals surface area contributed by atoms with Crippen LogP contribution < -0.4 is 71.3 Å². The van der Waals surface area contributed by atoms with Crippen molar-refractivity contribution in [3.8, 4) is 0 Å². The van der Waals surface area contributed by atoms with Gasteiger partial charge in [-0.05, 0) is 195 Å². The van der Waals surface area contributed by atoms with Crippen molar-refractivity contribution in [2.75, 3.05) is 103 Å². The van der Waals surface area contributed by atoms with Crippen molar-refractivity contribution in [2.45, 2.75) is 85.9 Å². The molecule has 0 spiro atoms. The van der Waals surface area contributed by atoms with Crippen molar-refractivity contribution in [3.63, 3.8) is 0 Å². The minimum atomic E-state index is -2.20. The largest absolute Gasteiger partial charge is 0.428 e. The Morgan fingerprint density at radius 2 is 0.644 bits per heavy atom. The topological polar surface area (TPSA) is 285 Å². The van der Waals surface area contributed by atoms with Crippen molar-refractivity contribution in [1.82, 2.24) is 0 Å². The van der Waals surface area contributed by atoms with E-state index in [1.807, 2.05) is 198 Å². The molecule has 0 saturated carbocycles. The zero-order valence-electron chi connectivity index (χ0n) is 54.9. The first kappa shape index (κ1) is 79.1. The fourth-order valence-electron chi connectivity index (χ4n) is 7.76. The summed E-state index contributed by atoms with van der Waals surface area (Å²) in [5.41, 5.74) is 45.6. The van der Waals surface area contributed by atoms with Gasteiger partial charge in [0.15, 0.2) is 16.1 Å². The van der Waals surface area contributed by atoms with E-state index in [9.17, 15) is 4.80 Å². The van der Waals surface area contributed by atoms with Gasteiger partial charge in [0.1, 0.15) is 0 Å². The number of hydrogen-bond donors (Lipinski definition) is 8. The molecule has 0 radical (unpaired) electrons. The van der Waals surface area contributed by atoms with Gasteiger partial charge in [-0.15, -0.1) is 0 Å². The summed E-state index contributed by atoms with van der Waals surface area (Å²) in [5, 5.41) is 7.10. The predicted molar refractivity (Wildman–Crippen MR) is 385 cm³/mol. The first-order valence-corrected chi connectivity index (χ1v) is 43.5. The first-order chi connectivity index (χ1) is 40.9. The zero-order valence-corrected chi connectivity index (χ0v) is 61.4. The van der Waals surface area contributed by atoms with Gasteiger partial charge >= 0.3 is 17.1 Å². The molecule has 7 rings (SSSR count). The molecule has 0 amide bonds. The summed E-state index contributed by atoms with van der Waals surface area (Å²) in [4.78, 5) is 9.68. The second-order valence-corrected chi connectivity index (χ2v) is 41.1. The van der Waals surface area contributed by atoms with Crippen molar-refractivity contribution in [3.05, 3.63) is 175 Å². The first-order valence-electron chi connectivity index (χ1n) is 28.8. The zero-order chi connectivity index (χ0) is 65.9. The highest BCUT2D eigenvalue weighted by Crippen LogP contribution is 2.13. The Bertz CT molecular complexity index is 2880. The summed E-state index contributed by atoms with van der Waals surface area (Å²) in [5.74, 6) is 0. The monoisotopic (exact) mass is 1300 g/mol. The van der Waals surface area contributed by atoms with E-state index in [1.54, 1.807) is 42.7 Å². The van der Waals surface area contributed by atoms with Gasteiger partial charge in [-0.3, -0.25) is 0 Å². The number of benzene rings is 7. The van der Waals surface area contributed by atoms with Crippen LogP contribution in [0.3, 0.4) is 0 Å². The van der Waals surface area contributed by atoms with Crippen molar-refractivity contribution in [2.24, 2.45) is 0 Å². The molecule has 87 heavy (non-hydrogen) atoms. The molecule has 7 aromatic rings. The van der Waals surface area contributed by atoms with Gasteiger partial charge in [-0.25, -0.2) is 0 Å². The van der Waals surface area contributed by atoms with E-state index in [-0.39, 0.29) is 6.29 Å². The molecule has 0 unspecified atom stereocenters. The molecule has 0 heterocycles. The minimum Gasteiger partial charge on any atom is -0.428 e. The minimum absolute atomic E-state index is 0.177. The quantitative estimate of drug-likeness (QED) is 0.0212. The Morgan fingerprint density at radius 1 is 0.356 bits per heavy atom. The summed E-state index contributed by atoms with van der Waals surface area (Å²) in [6.07, 6.45) is 0.566. The smallest absolute Gasteiger partial charge is 0.369 e. The summed E-state index contributed by atoms with van der Waals surface area (Å²) in [6.45, 7) is 24.7. The average molecular weight is 1300 g/mol. The van der Waals surface area contributed by atoms with Gasteiger partial charge in [-0.2, -0.15) is 0 Å². The van der Waals surface area contributed by atoms with Crippen molar-refractivity contribution < 1.29 is 45.3 Å². The molecule has 0 aliphatic rings. The third-order valence-corrected chi connectivity index (χ3v) is 27.9. The molecule has 0 saturated heterocycles. The lowest BCUT2D eigenvalue weighted by molar-refractivity contribution is -0.100. The molecule has 0 atom stereocenters. The molecule has 0 aliphatic heterocycles. The SMILES string of the molecule is CCO[Si](C)(C)c1ccc(N)cc1.CCO[Si](C)(OCC)c1ccc(N)cc1.COC(Cc1ccc(N)cc1)OC.CO[SiH2]c1ccc(N)cc1.CO[Si](C)(C)c1ccc(N)cc1.CO[Si](C)(OC)c1ccc(N)cc1.C[Si](C)(O)c1ccc(N)cc1. The lowest BCUT2D eigenvalue weighted by Gasteiger charge is -2.26. The Morgan fingerprint density at radius 3 is 0.931 bits per heavy atom. The van der Waals surface area contributed by atoms with Crippen molar-refractivity contribution in [1.29, 1.82) is 0 Å². The van der Waals surface area contributed by atoms with Gasteiger partial charge < -0.3 is 85.4 Å². The fraction of sp³-hybridized carbons (Fsp3) is 0.344. The molecule has 0 aromatic heterocycles. The van der Waals surface area contributed by atoms with Crippen LogP contribution in [0.25, 0.3) is 0 Å². The van der Waals surface area contributed by atoms with Crippen LogP contribution in [0.4, 0.5) is 39.8 Å². The number of hydrogen-bond acceptors (Lipinski definition) is 17. The summed E-state index contributed by atoms with van der Waals surface area (Å²) in [7, 11) is -0.119. The van der Waals surface area contributed by atoms with E-state index < -0.39 is 51.8 Å². The number of rotatable bonds is 20. The summed E-state index contributed by atoms with van der Waals surface area (Å²) >= 11 is 0. The normalized spacial score (nSPS) is 11.4. The predicted octanol–water partition coefficient (Wildman–Crippen LogP) is 7.23. The van der Waals surface area contributed by atoms with Crippen LogP contribution in [-0.2, 0) is 46.9 Å². The van der Waals surface area contributed by atoms with Gasteiger partial charge in [-0.1, -0.05) is 84.9 Å². The fourth-order valence-corrected chi connectivity index (χ4v) is 16.3. The lowest BCUT2D eigenvalue weighted by Crippen LogP contribution is -2.51. The number of methoxy groups -OCH3 is 2. The molecule has 0 fully saturated rings. The molecule has 0 aliphatic carbocycles. The standard InChI is InChI=1S/C11H19NO2Si.C10H15NO2.C10H17NOSi.C9H15NO2Si.C9H15NOSi.C8H13NOSi.C7H11NOSi/c1-4-13-15(3,14-5-2)11-8-6-10(12)7-9-11;1-12-10(13-2)7-8-3-5-9(11)6-4-8;1-4-12-13(2,3)10-7-5-9(11)6-8-10;1-11-13(3,12-2)9-6-4-8(10)5-7-9;1-11-12(2,3)9-6-4-8(10)5-7-9;1-11(2,10)8-5-3-7(9)4-6-8;1-9-10-7-4-2-6(8)3-5-7/h6-9H,4-5,12H2,1-3H3;3-6,10H,7,11H2,1-2H3;5-8H,4,11H2,1-3H3;4-7H,10H2,1-3H3;4-7H,10H2,1-3H3;3-6,10H,9H2,1-2H3;2-5H,8,10H2,1H3. The number of nitrogens with two attached hydrogens (primary N) is 7. The second-order valence-electron chi connectivity index (χ2n) is 21.5. The van der Waals surface area contributed by atoms with Gasteiger partial charge in [0.05, 0.1) is 0 Å². The lowest BCUT2D eigenvalue weighted by atomic mass is 10.1. The van der Waals surface area contributed by atoms with Crippen molar-refractivity contribution >= 4 is 123 Å². The van der Waals surface area contributed by atoms with Crippen LogP contribution in [0.1, 0.15) is 26.3 Å². The Labute approximate surface area is 528 Å². The molecular formula is C64H105N7O10Si6. The maximum absolute atomic E-state index is 9.68. The Hall–Kier alpha value is -5.96. The molecule has 15 N–H and O–H groups in total. The van der Waals surface area contributed by atoms with Gasteiger partial charge in [0.25, 0.3) is 0 Å².